The number of hydrogen-bond donors (Lipinski definition) is 1. The third-order valence-corrected chi connectivity index (χ3v) is 2.92. The van der Waals surface area contributed by atoms with E-state index in [2.05, 4.69) is 30.3 Å². The molecule has 1 aromatic heterocycles. The maximum Gasteiger partial charge on any atom is 0.110 e. The Balaban J connectivity index is 2.38. The summed E-state index contributed by atoms with van der Waals surface area (Å²) in [7, 11) is 0. The van der Waals surface area contributed by atoms with Gasteiger partial charge in [0.25, 0.3) is 0 Å². The first-order valence-corrected chi connectivity index (χ1v) is 5.80. The predicted molar refractivity (Wildman–Crippen MR) is 62.0 cm³/mol. The fraction of sp³-hybridized carbons (Fsp3) is 0.750. The summed E-state index contributed by atoms with van der Waals surface area (Å²) in [4.78, 5) is 4.52. The molecule has 15 heavy (non-hydrogen) atoms. The van der Waals surface area contributed by atoms with Gasteiger partial charge in [0.2, 0.25) is 0 Å². The van der Waals surface area contributed by atoms with Crippen LogP contribution in [0.4, 0.5) is 0 Å². The third-order valence-electron chi connectivity index (χ3n) is 2.92. The van der Waals surface area contributed by atoms with Crippen molar-refractivity contribution in [3.05, 3.63) is 17.7 Å². The minimum Gasteiger partial charge on any atom is -0.330 e. The van der Waals surface area contributed by atoms with E-state index < -0.39 is 0 Å². The van der Waals surface area contributed by atoms with Gasteiger partial charge >= 0.3 is 0 Å². The van der Waals surface area contributed by atoms with Gasteiger partial charge in [-0.05, 0) is 19.4 Å². The molecule has 0 radical (unpaired) electrons. The van der Waals surface area contributed by atoms with Crippen molar-refractivity contribution in [3.63, 3.8) is 0 Å². The first-order valence-electron chi connectivity index (χ1n) is 5.80. The summed E-state index contributed by atoms with van der Waals surface area (Å²) in [5, 5.41) is 0. The van der Waals surface area contributed by atoms with Crippen molar-refractivity contribution in [1.29, 1.82) is 0 Å². The molecule has 2 N–H and O–H groups in total. The van der Waals surface area contributed by atoms with Crippen molar-refractivity contribution in [2.24, 2.45) is 5.73 Å². The van der Waals surface area contributed by atoms with Crippen molar-refractivity contribution in [1.82, 2.24) is 9.55 Å². The van der Waals surface area contributed by atoms with Crippen LogP contribution in [0.2, 0.25) is 0 Å². The molecule has 0 atom stereocenters. The molecule has 1 fully saturated rings. The highest BCUT2D eigenvalue weighted by Crippen LogP contribution is 2.39. The van der Waals surface area contributed by atoms with Crippen LogP contribution in [0.3, 0.4) is 0 Å². The largest absolute Gasteiger partial charge is 0.330 e. The van der Waals surface area contributed by atoms with Crippen molar-refractivity contribution in [2.45, 2.75) is 51.5 Å². The summed E-state index contributed by atoms with van der Waals surface area (Å²) in [6.07, 6.45) is 5.53. The Bertz CT molecular complexity index is 342. The molecule has 3 nitrogen and oxygen atoms in total. The number of rotatable bonds is 3. The molecule has 0 unspecified atom stereocenters. The standard InChI is InChI=1S/C12H21N3/c1-12(2,3)10-8-14-11(6-7-13)15(10)9-4-5-9/h8-9H,4-7,13H2,1-3H3. The lowest BCUT2D eigenvalue weighted by Gasteiger charge is -2.21. The maximum atomic E-state index is 5.61. The molecule has 1 aromatic rings. The van der Waals surface area contributed by atoms with Crippen LogP contribution in [0.1, 0.15) is 51.2 Å². The Morgan fingerprint density at radius 1 is 1.47 bits per heavy atom. The van der Waals surface area contributed by atoms with Crippen molar-refractivity contribution in [2.75, 3.05) is 6.54 Å². The predicted octanol–water partition coefficient (Wildman–Crippen LogP) is 2.02. The van der Waals surface area contributed by atoms with Crippen LogP contribution >= 0.6 is 0 Å². The van der Waals surface area contributed by atoms with Crippen LogP contribution in [0.5, 0.6) is 0 Å². The number of aromatic nitrogens is 2. The first kappa shape index (κ1) is 10.7. The Morgan fingerprint density at radius 2 is 2.13 bits per heavy atom. The van der Waals surface area contributed by atoms with Crippen LogP contribution in [0.15, 0.2) is 6.20 Å². The molecule has 0 aliphatic heterocycles. The quantitative estimate of drug-likeness (QED) is 0.824. The van der Waals surface area contributed by atoms with Gasteiger partial charge < -0.3 is 10.3 Å². The lowest BCUT2D eigenvalue weighted by molar-refractivity contribution is 0.511. The minimum atomic E-state index is 0.183. The van der Waals surface area contributed by atoms with E-state index in [1.165, 1.54) is 24.4 Å². The zero-order chi connectivity index (χ0) is 11.1. The molecule has 0 bridgehead atoms. The Kier molecular flexibility index (Phi) is 2.59. The number of hydrogen-bond acceptors (Lipinski definition) is 2. The maximum absolute atomic E-state index is 5.61. The summed E-state index contributed by atoms with van der Waals surface area (Å²) in [5.74, 6) is 1.17. The average Bonchev–Trinajstić information content (AvgIpc) is 2.87. The molecular weight excluding hydrogens is 186 g/mol. The molecule has 0 aromatic carbocycles. The highest BCUT2D eigenvalue weighted by Gasteiger charge is 2.31. The fourth-order valence-corrected chi connectivity index (χ4v) is 2.01. The number of nitrogens with zero attached hydrogens (tertiary/aromatic N) is 2. The van der Waals surface area contributed by atoms with Gasteiger partial charge in [-0.25, -0.2) is 4.98 Å². The van der Waals surface area contributed by atoms with E-state index in [4.69, 9.17) is 5.73 Å². The van der Waals surface area contributed by atoms with Crippen molar-refractivity contribution in [3.8, 4) is 0 Å². The van der Waals surface area contributed by atoms with E-state index in [9.17, 15) is 0 Å². The van der Waals surface area contributed by atoms with Crippen molar-refractivity contribution >= 4 is 0 Å². The van der Waals surface area contributed by atoms with Gasteiger partial charge in [-0.15, -0.1) is 0 Å². The topological polar surface area (TPSA) is 43.8 Å². The second-order valence-electron chi connectivity index (χ2n) is 5.45. The fourth-order valence-electron chi connectivity index (χ4n) is 2.01. The first-order chi connectivity index (χ1) is 7.04. The highest BCUT2D eigenvalue weighted by atomic mass is 15.1. The molecule has 1 heterocycles. The SMILES string of the molecule is CC(C)(C)c1cnc(CCN)n1C1CC1. The Hall–Kier alpha value is -0.830. The second kappa shape index (κ2) is 3.63. The minimum absolute atomic E-state index is 0.183. The van der Waals surface area contributed by atoms with Gasteiger partial charge in [0, 0.05) is 29.8 Å². The number of imidazole rings is 1. The zero-order valence-electron chi connectivity index (χ0n) is 9.95. The summed E-state index contributed by atoms with van der Waals surface area (Å²) in [6.45, 7) is 7.42. The van der Waals surface area contributed by atoms with Crippen LogP contribution in [0.25, 0.3) is 0 Å². The monoisotopic (exact) mass is 207 g/mol. The van der Waals surface area contributed by atoms with E-state index in [1.807, 2.05) is 6.20 Å². The van der Waals surface area contributed by atoms with Crippen LogP contribution in [-0.4, -0.2) is 16.1 Å². The number of nitrogens with two attached hydrogens (primary N) is 1. The molecule has 1 aliphatic carbocycles. The van der Waals surface area contributed by atoms with E-state index in [0.29, 0.717) is 12.6 Å². The highest BCUT2D eigenvalue weighted by molar-refractivity contribution is 5.18. The lowest BCUT2D eigenvalue weighted by Crippen LogP contribution is -2.19. The molecule has 1 saturated carbocycles. The molecule has 0 spiro atoms. The summed E-state index contributed by atoms with van der Waals surface area (Å²) in [6, 6.07) is 0.697. The van der Waals surface area contributed by atoms with Gasteiger partial charge in [0.1, 0.15) is 5.82 Å². The van der Waals surface area contributed by atoms with Gasteiger partial charge in [-0.2, -0.15) is 0 Å². The molecule has 3 heteroatoms. The van der Waals surface area contributed by atoms with Gasteiger partial charge in [0.15, 0.2) is 0 Å². The van der Waals surface area contributed by atoms with E-state index in [0.717, 1.165) is 6.42 Å². The van der Waals surface area contributed by atoms with E-state index in [-0.39, 0.29) is 5.41 Å². The molecule has 0 saturated heterocycles. The normalized spacial score (nSPS) is 17.1. The van der Waals surface area contributed by atoms with E-state index in [1.54, 1.807) is 0 Å². The van der Waals surface area contributed by atoms with Gasteiger partial charge in [0.05, 0.1) is 0 Å². The smallest absolute Gasteiger partial charge is 0.110 e. The molecule has 84 valence electrons. The Morgan fingerprint density at radius 3 is 2.60 bits per heavy atom. The van der Waals surface area contributed by atoms with Crippen LogP contribution in [0, 0.1) is 0 Å². The Labute approximate surface area is 91.7 Å². The van der Waals surface area contributed by atoms with Crippen molar-refractivity contribution < 1.29 is 0 Å². The van der Waals surface area contributed by atoms with Crippen LogP contribution in [-0.2, 0) is 11.8 Å². The lowest BCUT2D eigenvalue weighted by atomic mass is 9.92. The third kappa shape index (κ3) is 2.07. The summed E-state index contributed by atoms with van der Waals surface area (Å²) < 4.78 is 2.42. The summed E-state index contributed by atoms with van der Waals surface area (Å²) in [5.41, 5.74) is 7.15. The molecule has 2 rings (SSSR count). The molecular formula is C12H21N3. The molecule has 1 aliphatic rings. The van der Waals surface area contributed by atoms with Gasteiger partial charge in [-0.3, -0.25) is 0 Å². The second-order valence-corrected chi connectivity index (χ2v) is 5.45. The van der Waals surface area contributed by atoms with E-state index >= 15 is 0 Å². The zero-order valence-corrected chi connectivity index (χ0v) is 9.95. The van der Waals surface area contributed by atoms with Gasteiger partial charge in [-0.1, -0.05) is 20.8 Å². The average molecular weight is 207 g/mol. The molecule has 0 amide bonds. The van der Waals surface area contributed by atoms with Crippen LogP contribution < -0.4 is 5.73 Å². The summed E-state index contributed by atoms with van der Waals surface area (Å²) >= 11 is 0.